The summed E-state index contributed by atoms with van der Waals surface area (Å²) < 4.78 is 0. The first-order chi connectivity index (χ1) is 20.8. The summed E-state index contributed by atoms with van der Waals surface area (Å²) in [5, 5.41) is 0. The first-order valence-electron chi connectivity index (χ1n) is 20.6. The zero-order valence-corrected chi connectivity index (χ0v) is 30.3. The standard InChI is InChI=1S/C41H85N/c1-4-7-10-13-16-19-21-23-25-28-31-34-37-40-42(39-36-33-30-27-18-15-12-9-6-3)41-38-35-32-29-26-24-22-20-17-14-11-8-5-2/h4-41H2,1-3H3. The van der Waals surface area contributed by atoms with Crippen molar-refractivity contribution in [3.63, 3.8) is 0 Å². The van der Waals surface area contributed by atoms with E-state index in [2.05, 4.69) is 25.7 Å². The molecule has 0 spiro atoms. The fraction of sp³-hybridized carbons (Fsp3) is 1.00. The molecule has 0 heterocycles. The van der Waals surface area contributed by atoms with E-state index in [4.69, 9.17) is 0 Å². The summed E-state index contributed by atoms with van der Waals surface area (Å²) in [5.41, 5.74) is 0. The molecule has 0 aromatic carbocycles. The fourth-order valence-corrected chi connectivity index (χ4v) is 6.69. The van der Waals surface area contributed by atoms with E-state index < -0.39 is 0 Å². The van der Waals surface area contributed by atoms with Crippen LogP contribution in [-0.4, -0.2) is 24.5 Å². The average Bonchev–Trinajstić information content (AvgIpc) is 3.00. The molecular weight excluding hydrogens is 506 g/mol. The molecule has 0 aliphatic heterocycles. The Morgan fingerprint density at radius 2 is 0.333 bits per heavy atom. The molecule has 0 atom stereocenters. The van der Waals surface area contributed by atoms with Crippen molar-refractivity contribution in [1.82, 2.24) is 4.90 Å². The number of hydrogen-bond donors (Lipinski definition) is 0. The first kappa shape index (κ1) is 42.0. The Hall–Kier alpha value is -0.0400. The smallest absolute Gasteiger partial charge is 0.00187 e. The van der Waals surface area contributed by atoms with Crippen LogP contribution < -0.4 is 0 Å². The van der Waals surface area contributed by atoms with Crippen LogP contribution in [0.25, 0.3) is 0 Å². The third kappa shape index (κ3) is 36.2. The van der Waals surface area contributed by atoms with Crippen LogP contribution in [0.15, 0.2) is 0 Å². The van der Waals surface area contributed by atoms with E-state index in [-0.39, 0.29) is 0 Å². The fourth-order valence-electron chi connectivity index (χ4n) is 6.69. The molecule has 1 heteroatoms. The van der Waals surface area contributed by atoms with Gasteiger partial charge in [-0.15, -0.1) is 0 Å². The van der Waals surface area contributed by atoms with Crippen molar-refractivity contribution in [1.29, 1.82) is 0 Å². The molecule has 0 bridgehead atoms. The molecule has 0 N–H and O–H groups in total. The van der Waals surface area contributed by atoms with E-state index in [1.165, 1.54) is 244 Å². The highest BCUT2D eigenvalue weighted by atomic mass is 15.1. The van der Waals surface area contributed by atoms with E-state index in [1.807, 2.05) is 0 Å². The number of rotatable bonds is 38. The highest BCUT2D eigenvalue weighted by Gasteiger charge is 2.05. The first-order valence-corrected chi connectivity index (χ1v) is 20.6. The lowest BCUT2D eigenvalue weighted by Gasteiger charge is -2.22. The Kier molecular flexibility index (Phi) is 38.9. The second-order valence-corrected chi connectivity index (χ2v) is 14.2. The maximum atomic E-state index is 2.86. The van der Waals surface area contributed by atoms with Crippen LogP contribution in [0.4, 0.5) is 0 Å². The maximum Gasteiger partial charge on any atom is -0.00187 e. The summed E-state index contributed by atoms with van der Waals surface area (Å²) in [6.07, 6.45) is 51.1. The summed E-state index contributed by atoms with van der Waals surface area (Å²) in [4.78, 5) is 2.86. The highest BCUT2D eigenvalue weighted by molar-refractivity contribution is 4.61. The van der Waals surface area contributed by atoms with E-state index in [0.717, 1.165) is 0 Å². The Morgan fingerprint density at radius 1 is 0.190 bits per heavy atom. The summed E-state index contributed by atoms with van der Waals surface area (Å²) in [6.45, 7) is 11.1. The van der Waals surface area contributed by atoms with Crippen LogP contribution in [0.5, 0.6) is 0 Å². The maximum absolute atomic E-state index is 2.86. The van der Waals surface area contributed by atoms with Crippen molar-refractivity contribution in [3.8, 4) is 0 Å². The van der Waals surface area contributed by atoms with E-state index in [9.17, 15) is 0 Å². The predicted molar refractivity (Wildman–Crippen MR) is 195 cm³/mol. The van der Waals surface area contributed by atoms with Gasteiger partial charge in [-0.2, -0.15) is 0 Å². The molecule has 42 heavy (non-hydrogen) atoms. The van der Waals surface area contributed by atoms with Gasteiger partial charge in [0.15, 0.2) is 0 Å². The molecule has 254 valence electrons. The van der Waals surface area contributed by atoms with E-state index >= 15 is 0 Å². The molecule has 1 nitrogen and oxygen atoms in total. The second-order valence-electron chi connectivity index (χ2n) is 14.2. The Balaban J connectivity index is 3.86. The monoisotopic (exact) mass is 592 g/mol. The lowest BCUT2D eigenvalue weighted by Crippen LogP contribution is -2.27. The minimum absolute atomic E-state index is 1.37. The van der Waals surface area contributed by atoms with Gasteiger partial charge >= 0.3 is 0 Å². The predicted octanol–water partition coefficient (Wildman–Crippen LogP) is 15.0. The lowest BCUT2D eigenvalue weighted by molar-refractivity contribution is 0.254. The van der Waals surface area contributed by atoms with Crippen LogP contribution in [0.1, 0.15) is 245 Å². The van der Waals surface area contributed by atoms with Crippen LogP contribution in [-0.2, 0) is 0 Å². The van der Waals surface area contributed by atoms with Crippen LogP contribution in [0.3, 0.4) is 0 Å². The van der Waals surface area contributed by atoms with E-state index in [1.54, 1.807) is 0 Å². The van der Waals surface area contributed by atoms with Gasteiger partial charge in [0.1, 0.15) is 0 Å². The molecule has 0 aliphatic rings. The van der Waals surface area contributed by atoms with Gasteiger partial charge in [0, 0.05) is 0 Å². The molecule has 0 saturated carbocycles. The normalized spacial score (nSPS) is 11.7. The molecular formula is C41H85N. The van der Waals surface area contributed by atoms with Gasteiger partial charge in [0.25, 0.3) is 0 Å². The summed E-state index contributed by atoms with van der Waals surface area (Å²) >= 11 is 0. The zero-order valence-electron chi connectivity index (χ0n) is 30.3. The quantitative estimate of drug-likeness (QED) is 0.0645. The molecule has 0 fully saturated rings. The van der Waals surface area contributed by atoms with Crippen LogP contribution in [0, 0.1) is 0 Å². The largest absolute Gasteiger partial charge is 0.303 e. The minimum atomic E-state index is 1.37. The summed E-state index contributed by atoms with van der Waals surface area (Å²) in [7, 11) is 0. The molecule has 0 amide bonds. The van der Waals surface area contributed by atoms with Gasteiger partial charge in [0.05, 0.1) is 0 Å². The van der Waals surface area contributed by atoms with Gasteiger partial charge in [0.2, 0.25) is 0 Å². The van der Waals surface area contributed by atoms with Crippen molar-refractivity contribution in [2.45, 2.75) is 245 Å². The summed E-state index contributed by atoms with van der Waals surface area (Å²) in [5.74, 6) is 0. The zero-order chi connectivity index (χ0) is 30.4. The van der Waals surface area contributed by atoms with Gasteiger partial charge in [-0.3, -0.25) is 0 Å². The van der Waals surface area contributed by atoms with Gasteiger partial charge < -0.3 is 4.90 Å². The Bertz CT molecular complexity index is 416. The molecule has 0 saturated heterocycles. The minimum Gasteiger partial charge on any atom is -0.303 e. The van der Waals surface area contributed by atoms with Gasteiger partial charge in [-0.1, -0.05) is 226 Å². The average molecular weight is 592 g/mol. The Morgan fingerprint density at radius 3 is 0.500 bits per heavy atom. The number of unbranched alkanes of at least 4 members (excludes halogenated alkanes) is 32. The van der Waals surface area contributed by atoms with E-state index in [0.29, 0.717) is 0 Å². The molecule has 0 rings (SSSR count). The molecule has 0 aliphatic carbocycles. The number of hydrogen-bond acceptors (Lipinski definition) is 1. The SMILES string of the molecule is CCCCCCCCCCCCCCCN(CCCCCCCCCCC)CCCCCCCCCCCCCCC. The van der Waals surface area contributed by atoms with Crippen molar-refractivity contribution < 1.29 is 0 Å². The van der Waals surface area contributed by atoms with Crippen molar-refractivity contribution >= 4 is 0 Å². The Labute approximate surface area is 269 Å². The molecule has 0 unspecified atom stereocenters. The third-order valence-corrected chi connectivity index (χ3v) is 9.73. The molecule has 0 aromatic heterocycles. The van der Waals surface area contributed by atoms with Crippen LogP contribution in [0.2, 0.25) is 0 Å². The molecule has 0 radical (unpaired) electrons. The van der Waals surface area contributed by atoms with Crippen molar-refractivity contribution in [2.24, 2.45) is 0 Å². The summed E-state index contributed by atoms with van der Waals surface area (Å²) in [6, 6.07) is 0. The highest BCUT2D eigenvalue weighted by Crippen LogP contribution is 2.15. The number of nitrogens with zero attached hydrogens (tertiary/aromatic N) is 1. The van der Waals surface area contributed by atoms with Crippen molar-refractivity contribution in [2.75, 3.05) is 19.6 Å². The molecule has 0 aromatic rings. The van der Waals surface area contributed by atoms with Crippen LogP contribution >= 0.6 is 0 Å². The lowest BCUT2D eigenvalue weighted by atomic mass is 10.0. The van der Waals surface area contributed by atoms with Crippen molar-refractivity contribution in [3.05, 3.63) is 0 Å². The third-order valence-electron chi connectivity index (χ3n) is 9.73. The van der Waals surface area contributed by atoms with Gasteiger partial charge in [-0.05, 0) is 38.9 Å². The van der Waals surface area contributed by atoms with Gasteiger partial charge in [-0.25, -0.2) is 0 Å². The topological polar surface area (TPSA) is 3.24 Å². The second kappa shape index (κ2) is 39.0.